The summed E-state index contributed by atoms with van der Waals surface area (Å²) in [7, 11) is 7.47. The number of anilines is 1. The molecule has 1 aliphatic carbocycles. The monoisotopic (exact) mass is 285 g/mol. The summed E-state index contributed by atoms with van der Waals surface area (Å²) in [6.07, 6.45) is 2.26. The van der Waals surface area contributed by atoms with E-state index in [1.807, 2.05) is 0 Å². The van der Waals surface area contributed by atoms with E-state index in [0.29, 0.717) is 28.8 Å². The van der Waals surface area contributed by atoms with Gasteiger partial charge in [0, 0.05) is 37.3 Å². The molecule has 2 radical (unpaired) electrons. The van der Waals surface area contributed by atoms with Crippen LogP contribution < -0.4 is 15.7 Å². The third kappa shape index (κ3) is 2.90. The lowest BCUT2D eigenvalue weighted by atomic mass is 9.90. The molecular weight excluding hydrogens is 265 g/mol. The molecule has 1 aliphatic heterocycles. The molecule has 1 saturated carbocycles. The van der Waals surface area contributed by atoms with Crippen molar-refractivity contribution in [1.29, 1.82) is 0 Å². The number of nitrogens with one attached hydrogen (secondary N) is 1. The summed E-state index contributed by atoms with van der Waals surface area (Å²) < 4.78 is 4.89. The number of hydrogen-bond acceptors (Lipinski definition) is 5. The average molecular weight is 285 g/mol. The average Bonchev–Trinajstić information content (AvgIpc) is 3.30. The van der Waals surface area contributed by atoms with Gasteiger partial charge < -0.3 is 15.0 Å². The highest BCUT2D eigenvalue weighted by atomic mass is 16.5. The van der Waals surface area contributed by atoms with Gasteiger partial charge in [0.2, 0.25) is 0 Å². The van der Waals surface area contributed by atoms with E-state index in [0.717, 1.165) is 38.2 Å². The quantitative estimate of drug-likeness (QED) is 0.641. The molecule has 5 nitrogen and oxygen atoms in total. The van der Waals surface area contributed by atoms with Gasteiger partial charge in [-0.1, -0.05) is 5.46 Å². The Balaban J connectivity index is 2.01. The number of carbonyl (C=O) groups is 1. The normalized spacial score (nSPS) is 22.2. The van der Waals surface area contributed by atoms with Gasteiger partial charge in [0.1, 0.15) is 19.2 Å². The van der Waals surface area contributed by atoms with Gasteiger partial charge in [-0.2, -0.15) is 0 Å². The maximum Gasteiger partial charge on any atom is 0.341 e. The Morgan fingerprint density at radius 2 is 2.29 bits per heavy atom. The Kier molecular flexibility index (Phi) is 3.89. The van der Waals surface area contributed by atoms with E-state index < -0.39 is 0 Å². The molecule has 2 heterocycles. The van der Waals surface area contributed by atoms with Crippen molar-refractivity contribution in [3.05, 3.63) is 17.3 Å². The highest BCUT2D eigenvalue weighted by molar-refractivity contribution is 6.33. The first-order chi connectivity index (χ1) is 10.1. The maximum absolute atomic E-state index is 12.0. The lowest BCUT2D eigenvalue weighted by Gasteiger charge is -2.34. The molecule has 1 N–H and O–H groups in total. The van der Waals surface area contributed by atoms with Crippen LogP contribution >= 0.6 is 0 Å². The summed E-state index contributed by atoms with van der Waals surface area (Å²) in [4.78, 5) is 18.9. The molecular formula is C15H20BN3O2. The molecule has 2 fully saturated rings. The molecule has 1 aromatic rings. The van der Waals surface area contributed by atoms with Gasteiger partial charge >= 0.3 is 5.97 Å². The molecule has 1 atom stereocenters. The third-order valence-corrected chi connectivity index (χ3v) is 4.10. The highest BCUT2D eigenvalue weighted by Crippen LogP contribution is 2.39. The molecule has 2 aliphatic rings. The summed E-state index contributed by atoms with van der Waals surface area (Å²) >= 11 is 0. The molecule has 6 heteroatoms. The SMILES string of the molecule is [B]c1cc(C(=O)OC)c(N2CCNC(C)C2)nc1C1CC1. The molecule has 1 saturated heterocycles. The summed E-state index contributed by atoms with van der Waals surface area (Å²) in [5.41, 5.74) is 2.00. The fraction of sp³-hybridized carbons (Fsp3) is 0.600. The van der Waals surface area contributed by atoms with Gasteiger partial charge in [-0.3, -0.25) is 0 Å². The Bertz CT molecular complexity index is 560. The topological polar surface area (TPSA) is 54.5 Å². The predicted molar refractivity (Wildman–Crippen MR) is 82.6 cm³/mol. The van der Waals surface area contributed by atoms with Crippen LogP contribution in [0.5, 0.6) is 0 Å². The Morgan fingerprint density at radius 3 is 2.90 bits per heavy atom. The standard InChI is InChI=1S/C15H20BN3O2/c1-9-8-19(6-5-17-9)14-11(15(20)21-2)7-12(16)13(18-14)10-3-4-10/h7,9-10,17H,3-6,8H2,1-2H3. The zero-order valence-corrected chi connectivity index (χ0v) is 12.6. The Hall–Kier alpha value is -1.56. The van der Waals surface area contributed by atoms with Crippen LogP contribution in [0.3, 0.4) is 0 Å². The zero-order chi connectivity index (χ0) is 15.0. The van der Waals surface area contributed by atoms with E-state index in [1.165, 1.54) is 7.11 Å². The summed E-state index contributed by atoms with van der Waals surface area (Å²) in [6.45, 7) is 4.66. The minimum atomic E-state index is -0.377. The maximum atomic E-state index is 12.0. The van der Waals surface area contributed by atoms with Gasteiger partial charge in [0.15, 0.2) is 0 Å². The van der Waals surface area contributed by atoms with Crippen molar-refractivity contribution in [2.75, 3.05) is 31.6 Å². The van der Waals surface area contributed by atoms with Gasteiger partial charge in [0.05, 0.1) is 7.11 Å². The molecule has 0 aromatic carbocycles. The van der Waals surface area contributed by atoms with Crippen molar-refractivity contribution in [2.24, 2.45) is 0 Å². The molecule has 3 rings (SSSR count). The van der Waals surface area contributed by atoms with E-state index in [9.17, 15) is 4.79 Å². The number of pyridine rings is 1. The highest BCUT2D eigenvalue weighted by Gasteiger charge is 2.30. The van der Waals surface area contributed by atoms with Crippen LogP contribution in [0.25, 0.3) is 0 Å². The number of esters is 1. The number of hydrogen-bond donors (Lipinski definition) is 1. The second kappa shape index (κ2) is 5.68. The molecule has 0 spiro atoms. The van der Waals surface area contributed by atoms with Crippen LogP contribution in [0.1, 0.15) is 41.7 Å². The minimum absolute atomic E-state index is 0.368. The van der Waals surface area contributed by atoms with Gasteiger partial charge in [-0.15, -0.1) is 0 Å². The number of ether oxygens (including phenoxy) is 1. The van der Waals surface area contributed by atoms with Crippen molar-refractivity contribution in [1.82, 2.24) is 10.3 Å². The first-order valence-electron chi connectivity index (χ1n) is 7.47. The number of methoxy groups -OCH3 is 1. The van der Waals surface area contributed by atoms with Crippen LogP contribution in [0.2, 0.25) is 0 Å². The molecule has 1 unspecified atom stereocenters. The molecule has 0 bridgehead atoms. The van der Waals surface area contributed by atoms with Gasteiger partial charge in [-0.05, 0) is 25.8 Å². The lowest BCUT2D eigenvalue weighted by molar-refractivity contribution is 0.0601. The second-order valence-electron chi connectivity index (χ2n) is 5.90. The lowest BCUT2D eigenvalue weighted by Crippen LogP contribution is -2.50. The van der Waals surface area contributed by atoms with Gasteiger partial charge in [-0.25, -0.2) is 9.78 Å². The van der Waals surface area contributed by atoms with E-state index >= 15 is 0 Å². The van der Waals surface area contributed by atoms with E-state index in [4.69, 9.17) is 17.6 Å². The molecule has 110 valence electrons. The van der Waals surface area contributed by atoms with E-state index in [1.54, 1.807) is 6.07 Å². The van der Waals surface area contributed by atoms with Crippen LogP contribution in [-0.4, -0.2) is 51.6 Å². The van der Waals surface area contributed by atoms with Crippen molar-refractivity contribution in [3.63, 3.8) is 0 Å². The fourth-order valence-electron chi connectivity index (χ4n) is 2.84. The van der Waals surface area contributed by atoms with Crippen LogP contribution in [0, 0.1) is 0 Å². The summed E-state index contributed by atoms with van der Waals surface area (Å²) in [5.74, 6) is 0.791. The van der Waals surface area contributed by atoms with E-state index in [-0.39, 0.29) is 5.97 Å². The number of carbonyl (C=O) groups excluding carboxylic acids is 1. The minimum Gasteiger partial charge on any atom is -0.465 e. The Morgan fingerprint density at radius 1 is 1.52 bits per heavy atom. The molecule has 0 amide bonds. The van der Waals surface area contributed by atoms with Crippen LogP contribution in [-0.2, 0) is 4.74 Å². The first-order valence-corrected chi connectivity index (χ1v) is 7.47. The molecule has 1 aromatic heterocycles. The first kappa shape index (κ1) is 14.4. The number of nitrogens with zero attached hydrogens (tertiary/aromatic N) is 2. The number of rotatable bonds is 3. The van der Waals surface area contributed by atoms with E-state index in [2.05, 4.69) is 17.1 Å². The van der Waals surface area contributed by atoms with Crippen molar-refractivity contribution >= 4 is 25.1 Å². The zero-order valence-electron chi connectivity index (χ0n) is 12.6. The summed E-state index contributed by atoms with van der Waals surface area (Å²) in [6, 6.07) is 2.10. The van der Waals surface area contributed by atoms with Crippen LogP contribution in [0.15, 0.2) is 6.07 Å². The van der Waals surface area contributed by atoms with Gasteiger partial charge in [0.25, 0.3) is 0 Å². The van der Waals surface area contributed by atoms with Crippen molar-refractivity contribution in [2.45, 2.75) is 31.7 Å². The second-order valence-corrected chi connectivity index (χ2v) is 5.90. The Labute approximate surface area is 126 Å². The smallest absolute Gasteiger partial charge is 0.341 e. The third-order valence-electron chi connectivity index (χ3n) is 4.10. The summed E-state index contributed by atoms with van der Waals surface area (Å²) in [5, 5.41) is 3.40. The number of piperazine rings is 1. The largest absolute Gasteiger partial charge is 0.465 e. The predicted octanol–water partition coefficient (Wildman–Crippen LogP) is 0.337. The number of aromatic nitrogens is 1. The molecule has 21 heavy (non-hydrogen) atoms. The van der Waals surface area contributed by atoms with Crippen molar-refractivity contribution < 1.29 is 9.53 Å². The fourth-order valence-corrected chi connectivity index (χ4v) is 2.84. The van der Waals surface area contributed by atoms with Crippen LogP contribution in [0.4, 0.5) is 5.82 Å². The van der Waals surface area contributed by atoms with Crippen molar-refractivity contribution in [3.8, 4) is 0 Å².